The first-order valence-corrected chi connectivity index (χ1v) is 10.4. The second-order valence-corrected chi connectivity index (χ2v) is 8.59. The van der Waals surface area contributed by atoms with Gasteiger partial charge in [-0.2, -0.15) is 4.31 Å². The number of carbonyl (C=O) groups is 1. The van der Waals surface area contributed by atoms with E-state index in [1.807, 2.05) is 18.2 Å². The van der Waals surface area contributed by atoms with Gasteiger partial charge in [0.15, 0.2) is 5.76 Å². The van der Waals surface area contributed by atoms with Gasteiger partial charge in [0.1, 0.15) is 11.4 Å². The Morgan fingerprint density at radius 2 is 1.71 bits per heavy atom. The monoisotopic (exact) mass is 402 g/mol. The summed E-state index contributed by atoms with van der Waals surface area (Å²) in [7, 11) is -3.73. The molecule has 1 aliphatic rings. The highest BCUT2D eigenvalue weighted by Gasteiger charge is 2.29. The van der Waals surface area contributed by atoms with Crippen LogP contribution in [0.4, 0.5) is 4.39 Å². The molecule has 3 aromatic rings. The van der Waals surface area contributed by atoms with Crippen molar-refractivity contribution in [1.29, 1.82) is 0 Å². The summed E-state index contributed by atoms with van der Waals surface area (Å²) in [5.74, 6) is -0.495. The van der Waals surface area contributed by atoms with Crippen LogP contribution in [0.3, 0.4) is 0 Å². The quantitative estimate of drug-likeness (QED) is 0.675. The normalized spacial score (nSPS) is 16.2. The lowest BCUT2D eigenvalue weighted by Crippen LogP contribution is -2.37. The lowest BCUT2D eigenvalue weighted by atomic mass is 10.2. The number of para-hydroxylation sites is 1. The van der Waals surface area contributed by atoms with Gasteiger partial charge in [0.05, 0.1) is 4.90 Å². The number of rotatable bonds is 3. The number of hydrogen-bond donors (Lipinski definition) is 0. The first-order valence-electron chi connectivity index (χ1n) is 8.99. The molecule has 4 rings (SSSR count). The summed E-state index contributed by atoms with van der Waals surface area (Å²) in [6, 6.07) is 13.8. The Morgan fingerprint density at radius 3 is 2.46 bits per heavy atom. The van der Waals surface area contributed by atoms with Crippen molar-refractivity contribution in [1.82, 2.24) is 9.21 Å². The minimum atomic E-state index is -3.73. The summed E-state index contributed by atoms with van der Waals surface area (Å²) in [6.45, 7) is 1.16. The third kappa shape index (κ3) is 3.53. The van der Waals surface area contributed by atoms with Crippen molar-refractivity contribution in [2.24, 2.45) is 0 Å². The van der Waals surface area contributed by atoms with Crippen LogP contribution in [-0.2, 0) is 10.0 Å². The van der Waals surface area contributed by atoms with Crippen molar-refractivity contribution in [3.05, 3.63) is 66.2 Å². The second kappa shape index (κ2) is 7.37. The standard InChI is InChI=1S/C20H19FN2O4S/c21-16-6-8-17(9-7-16)28(25,26)23-11-3-10-22(12-13-23)20(24)19-14-15-4-1-2-5-18(15)27-19/h1-2,4-9,14H,3,10-13H2. The molecule has 0 radical (unpaired) electrons. The minimum Gasteiger partial charge on any atom is -0.451 e. The third-order valence-electron chi connectivity index (χ3n) is 4.83. The van der Waals surface area contributed by atoms with E-state index in [1.54, 1.807) is 17.0 Å². The van der Waals surface area contributed by atoms with Gasteiger partial charge in [-0.25, -0.2) is 12.8 Å². The van der Waals surface area contributed by atoms with Crippen molar-refractivity contribution >= 4 is 26.9 Å². The first kappa shape index (κ1) is 18.6. The Labute approximate surface area is 162 Å². The third-order valence-corrected chi connectivity index (χ3v) is 6.74. The molecule has 6 nitrogen and oxygen atoms in total. The van der Waals surface area contributed by atoms with Gasteiger partial charge in [0.25, 0.3) is 5.91 Å². The molecule has 0 N–H and O–H groups in total. The Balaban J connectivity index is 1.50. The number of carbonyl (C=O) groups excluding carboxylic acids is 1. The molecular weight excluding hydrogens is 383 g/mol. The maximum absolute atomic E-state index is 13.1. The predicted octanol–water partition coefficient (Wildman–Crippen LogP) is 3.11. The van der Waals surface area contributed by atoms with Crippen LogP contribution in [0.25, 0.3) is 11.0 Å². The maximum atomic E-state index is 13.1. The van der Waals surface area contributed by atoms with E-state index in [2.05, 4.69) is 0 Å². The van der Waals surface area contributed by atoms with E-state index in [9.17, 15) is 17.6 Å². The average molecular weight is 402 g/mol. The van der Waals surface area contributed by atoms with E-state index in [1.165, 1.54) is 16.4 Å². The van der Waals surface area contributed by atoms with E-state index >= 15 is 0 Å². The summed E-state index contributed by atoms with van der Waals surface area (Å²) < 4.78 is 45.7. The van der Waals surface area contributed by atoms with Crippen molar-refractivity contribution in [3.63, 3.8) is 0 Å². The summed E-state index contributed by atoms with van der Waals surface area (Å²) in [4.78, 5) is 14.5. The highest BCUT2D eigenvalue weighted by Crippen LogP contribution is 2.22. The molecule has 0 spiro atoms. The number of nitrogens with zero attached hydrogens (tertiary/aromatic N) is 2. The van der Waals surface area contributed by atoms with Crippen molar-refractivity contribution < 1.29 is 22.0 Å². The molecule has 0 bridgehead atoms. The van der Waals surface area contributed by atoms with Gasteiger partial charge in [-0.05, 0) is 42.8 Å². The Hall–Kier alpha value is -2.71. The minimum absolute atomic E-state index is 0.0472. The van der Waals surface area contributed by atoms with Crippen LogP contribution < -0.4 is 0 Å². The highest BCUT2D eigenvalue weighted by molar-refractivity contribution is 7.89. The molecule has 2 heterocycles. The first-order chi connectivity index (χ1) is 13.4. The van der Waals surface area contributed by atoms with Crippen LogP contribution in [0.2, 0.25) is 0 Å². The second-order valence-electron chi connectivity index (χ2n) is 6.65. The zero-order chi connectivity index (χ0) is 19.7. The van der Waals surface area contributed by atoms with Gasteiger partial charge in [0.2, 0.25) is 10.0 Å². The van der Waals surface area contributed by atoms with Gasteiger partial charge in [-0.3, -0.25) is 4.79 Å². The van der Waals surface area contributed by atoms with Crippen molar-refractivity contribution in [2.75, 3.05) is 26.2 Å². The molecule has 0 atom stereocenters. The van der Waals surface area contributed by atoms with E-state index in [-0.39, 0.29) is 29.7 Å². The molecule has 2 aromatic carbocycles. The highest BCUT2D eigenvalue weighted by atomic mass is 32.2. The lowest BCUT2D eigenvalue weighted by molar-refractivity contribution is 0.0734. The molecular formula is C20H19FN2O4S. The molecule has 0 saturated carbocycles. The molecule has 1 aromatic heterocycles. The number of halogens is 1. The molecule has 1 saturated heterocycles. The van der Waals surface area contributed by atoms with Gasteiger partial charge in [-0.15, -0.1) is 0 Å². The fraction of sp³-hybridized carbons (Fsp3) is 0.250. The molecule has 0 unspecified atom stereocenters. The molecule has 28 heavy (non-hydrogen) atoms. The largest absolute Gasteiger partial charge is 0.451 e. The van der Waals surface area contributed by atoms with Gasteiger partial charge in [0, 0.05) is 31.6 Å². The molecule has 8 heteroatoms. The van der Waals surface area contributed by atoms with Gasteiger partial charge >= 0.3 is 0 Å². The van der Waals surface area contributed by atoms with E-state index < -0.39 is 15.8 Å². The van der Waals surface area contributed by atoms with Crippen molar-refractivity contribution in [2.45, 2.75) is 11.3 Å². The number of furan rings is 1. The SMILES string of the molecule is O=C(c1cc2ccccc2o1)N1CCCN(S(=O)(=O)c2ccc(F)cc2)CC1. The zero-order valence-corrected chi connectivity index (χ0v) is 15.9. The molecule has 0 aliphatic carbocycles. The van der Waals surface area contributed by atoms with Crippen molar-refractivity contribution in [3.8, 4) is 0 Å². The van der Waals surface area contributed by atoms with E-state index in [0.717, 1.165) is 17.5 Å². The topological polar surface area (TPSA) is 70.8 Å². The lowest BCUT2D eigenvalue weighted by Gasteiger charge is -2.21. The van der Waals surface area contributed by atoms with Gasteiger partial charge < -0.3 is 9.32 Å². The molecule has 1 aliphatic heterocycles. The summed E-state index contributed by atoms with van der Waals surface area (Å²) in [5, 5.41) is 0.848. The molecule has 146 valence electrons. The molecule has 1 fully saturated rings. The smallest absolute Gasteiger partial charge is 0.289 e. The van der Waals surface area contributed by atoms with Crippen LogP contribution in [0, 0.1) is 5.82 Å². The average Bonchev–Trinajstić information content (AvgIpc) is 2.96. The number of sulfonamides is 1. The van der Waals surface area contributed by atoms with E-state index in [4.69, 9.17) is 4.42 Å². The Kier molecular flexibility index (Phi) is 4.91. The summed E-state index contributed by atoms with van der Waals surface area (Å²) in [6.07, 6.45) is 0.506. The van der Waals surface area contributed by atoms with Crippen LogP contribution in [-0.4, -0.2) is 49.7 Å². The maximum Gasteiger partial charge on any atom is 0.289 e. The van der Waals surface area contributed by atoms with Crippen LogP contribution in [0.15, 0.2) is 63.9 Å². The fourth-order valence-corrected chi connectivity index (χ4v) is 4.81. The predicted molar refractivity (Wildman–Crippen MR) is 102 cm³/mol. The van der Waals surface area contributed by atoms with Crippen LogP contribution in [0.5, 0.6) is 0 Å². The number of hydrogen-bond acceptors (Lipinski definition) is 4. The summed E-state index contributed by atoms with van der Waals surface area (Å²) >= 11 is 0. The van der Waals surface area contributed by atoms with Crippen LogP contribution >= 0.6 is 0 Å². The van der Waals surface area contributed by atoms with Crippen LogP contribution in [0.1, 0.15) is 17.0 Å². The Morgan fingerprint density at radius 1 is 0.964 bits per heavy atom. The molecule has 1 amide bonds. The van der Waals surface area contributed by atoms with Gasteiger partial charge in [-0.1, -0.05) is 18.2 Å². The summed E-state index contributed by atoms with van der Waals surface area (Å²) in [5.41, 5.74) is 0.640. The zero-order valence-electron chi connectivity index (χ0n) is 15.0. The number of amides is 1. The van der Waals surface area contributed by atoms with E-state index in [0.29, 0.717) is 25.1 Å². The number of fused-ring (bicyclic) bond motifs is 1. The Bertz CT molecular complexity index is 1080. The fourth-order valence-electron chi connectivity index (χ4n) is 3.34. The number of benzene rings is 2.